The highest BCUT2D eigenvalue weighted by Crippen LogP contribution is 2.43. The molecule has 1 amide bonds. The summed E-state index contributed by atoms with van der Waals surface area (Å²) in [7, 11) is 1.49. The van der Waals surface area contributed by atoms with E-state index in [4.69, 9.17) is 4.74 Å². The highest BCUT2D eigenvalue weighted by molar-refractivity contribution is 7.10. The van der Waals surface area contributed by atoms with Crippen LogP contribution in [0.2, 0.25) is 0 Å². The van der Waals surface area contributed by atoms with Crippen molar-refractivity contribution in [3.63, 3.8) is 0 Å². The summed E-state index contributed by atoms with van der Waals surface area (Å²) in [6.07, 6.45) is 0. The molecule has 4 rings (SSSR count). The first-order valence-electron chi connectivity index (χ1n) is 8.75. The van der Waals surface area contributed by atoms with Crippen molar-refractivity contribution in [1.29, 1.82) is 0 Å². The van der Waals surface area contributed by atoms with Gasteiger partial charge in [0.15, 0.2) is 0 Å². The first-order chi connectivity index (χ1) is 14.0. The van der Waals surface area contributed by atoms with Crippen molar-refractivity contribution in [3.8, 4) is 5.75 Å². The number of rotatable bonds is 4. The van der Waals surface area contributed by atoms with E-state index < -0.39 is 23.5 Å². The third-order valence-electron chi connectivity index (χ3n) is 4.69. The number of thiophene rings is 1. The molecular formula is C22H16FNO4S. The van der Waals surface area contributed by atoms with Gasteiger partial charge in [-0.05, 0) is 41.8 Å². The first kappa shape index (κ1) is 18.9. The molecule has 1 unspecified atom stereocenters. The van der Waals surface area contributed by atoms with Gasteiger partial charge in [0.2, 0.25) is 0 Å². The van der Waals surface area contributed by atoms with E-state index in [9.17, 15) is 19.1 Å². The second-order valence-electron chi connectivity index (χ2n) is 6.40. The molecule has 0 spiro atoms. The van der Waals surface area contributed by atoms with Crippen molar-refractivity contribution in [2.75, 3.05) is 12.0 Å². The van der Waals surface area contributed by atoms with Crippen LogP contribution in [-0.2, 0) is 9.59 Å². The van der Waals surface area contributed by atoms with E-state index in [0.29, 0.717) is 16.2 Å². The molecule has 2 heterocycles. The molecule has 0 aliphatic carbocycles. The number of Topliss-reactive ketones (excluding diaryl/α,β-unsaturated/α-hetero) is 1. The van der Waals surface area contributed by atoms with Gasteiger partial charge in [0.25, 0.3) is 11.7 Å². The maximum Gasteiger partial charge on any atom is 0.300 e. The molecule has 1 atom stereocenters. The number of carbonyl (C=O) groups is 2. The van der Waals surface area contributed by atoms with E-state index in [1.165, 1.54) is 41.5 Å². The number of aliphatic hydroxyl groups excluding tert-OH is 1. The van der Waals surface area contributed by atoms with Gasteiger partial charge in [0, 0.05) is 16.1 Å². The maximum atomic E-state index is 13.8. The minimum atomic E-state index is -0.858. The number of anilines is 1. The van der Waals surface area contributed by atoms with Crippen LogP contribution >= 0.6 is 11.3 Å². The number of carbonyl (C=O) groups excluding carboxylic acids is 2. The lowest BCUT2D eigenvalue weighted by Crippen LogP contribution is -2.29. The van der Waals surface area contributed by atoms with Crippen LogP contribution in [0.15, 0.2) is 71.6 Å². The van der Waals surface area contributed by atoms with Gasteiger partial charge in [-0.1, -0.05) is 24.3 Å². The van der Waals surface area contributed by atoms with E-state index >= 15 is 0 Å². The minimum Gasteiger partial charge on any atom is -0.507 e. The van der Waals surface area contributed by atoms with Gasteiger partial charge in [-0.3, -0.25) is 14.5 Å². The Hall–Kier alpha value is -3.45. The number of aliphatic hydroxyl groups is 1. The molecule has 29 heavy (non-hydrogen) atoms. The van der Waals surface area contributed by atoms with E-state index in [2.05, 4.69) is 0 Å². The highest BCUT2D eigenvalue weighted by Gasteiger charge is 2.47. The molecule has 1 N–H and O–H groups in total. The smallest absolute Gasteiger partial charge is 0.300 e. The van der Waals surface area contributed by atoms with Crippen LogP contribution in [0.5, 0.6) is 5.75 Å². The molecule has 1 aliphatic rings. The van der Waals surface area contributed by atoms with Crippen molar-refractivity contribution in [3.05, 3.63) is 87.9 Å². The van der Waals surface area contributed by atoms with Gasteiger partial charge < -0.3 is 9.84 Å². The molecular weight excluding hydrogens is 393 g/mol. The predicted molar refractivity (Wildman–Crippen MR) is 108 cm³/mol. The number of halogens is 1. The van der Waals surface area contributed by atoms with Gasteiger partial charge >= 0.3 is 0 Å². The molecule has 2 aromatic carbocycles. The second kappa shape index (κ2) is 7.52. The Morgan fingerprint density at radius 3 is 2.59 bits per heavy atom. The number of nitrogens with zero attached hydrogens (tertiary/aromatic N) is 1. The van der Waals surface area contributed by atoms with Crippen LogP contribution in [-0.4, -0.2) is 23.9 Å². The molecule has 5 nitrogen and oxygen atoms in total. The Kier molecular flexibility index (Phi) is 4.90. The van der Waals surface area contributed by atoms with Crippen molar-refractivity contribution in [2.45, 2.75) is 6.04 Å². The number of amides is 1. The van der Waals surface area contributed by atoms with Crippen LogP contribution in [0.4, 0.5) is 10.1 Å². The quantitative estimate of drug-likeness (QED) is 0.391. The Morgan fingerprint density at radius 1 is 1.10 bits per heavy atom. The molecule has 1 aromatic heterocycles. The van der Waals surface area contributed by atoms with Crippen LogP contribution in [0, 0.1) is 5.82 Å². The van der Waals surface area contributed by atoms with E-state index in [-0.39, 0.29) is 17.0 Å². The highest BCUT2D eigenvalue weighted by atomic mass is 32.1. The zero-order valence-corrected chi connectivity index (χ0v) is 16.2. The molecule has 1 saturated heterocycles. The zero-order valence-electron chi connectivity index (χ0n) is 15.3. The van der Waals surface area contributed by atoms with Crippen molar-refractivity contribution in [2.24, 2.45) is 0 Å². The third kappa shape index (κ3) is 3.30. The van der Waals surface area contributed by atoms with Crippen LogP contribution in [0.25, 0.3) is 5.76 Å². The van der Waals surface area contributed by atoms with Crippen LogP contribution < -0.4 is 9.64 Å². The summed E-state index contributed by atoms with van der Waals surface area (Å²) in [5, 5.41) is 12.8. The van der Waals surface area contributed by atoms with Gasteiger partial charge in [-0.15, -0.1) is 11.3 Å². The normalized spacial score (nSPS) is 18.3. The summed E-state index contributed by atoms with van der Waals surface area (Å²) in [6.45, 7) is 0. The zero-order chi connectivity index (χ0) is 20.5. The van der Waals surface area contributed by atoms with Gasteiger partial charge in [0.1, 0.15) is 23.4 Å². The predicted octanol–water partition coefficient (Wildman–Crippen LogP) is 4.52. The Balaban J connectivity index is 1.93. The monoisotopic (exact) mass is 409 g/mol. The van der Waals surface area contributed by atoms with Crippen LogP contribution in [0.1, 0.15) is 16.5 Å². The number of methoxy groups -OCH3 is 1. The summed E-state index contributed by atoms with van der Waals surface area (Å²) in [6, 6.07) is 14.8. The number of ether oxygens (including phenoxy) is 1. The van der Waals surface area contributed by atoms with Crippen molar-refractivity contribution in [1.82, 2.24) is 0 Å². The average Bonchev–Trinajstić information content (AvgIpc) is 3.35. The van der Waals surface area contributed by atoms with E-state index in [1.807, 2.05) is 5.38 Å². The number of benzene rings is 2. The SMILES string of the molecule is COc1cccc(/C(O)=C2/C(=O)C(=O)N(c3cccc(F)c3)C2c2cccs2)c1. The molecule has 3 aromatic rings. The summed E-state index contributed by atoms with van der Waals surface area (Å²) in [5.41, 5.74) is 0.549. The first-order valence-corrected chi connectivity index (χ1v) is 9.63. The maximum absolute atomic E-state index is 13.8. The molecule has 146 valence electrons. The lowest BCUT2D eigenvalue weighted by molar-refractivity contribution is -0.132. The largest absolute Gasteiger partial charge is 0.507 e. The third-order valence-corrected chi connectivity index (χ3v) is 5.61. The fraction of sp³-hybridized carbons (Fsp3) is 0.0909. The Labute approximate surface area is 170 Å². The standard InChI is InChI=1S/C22H16FNO4S/c1-28-16-8-2-5-13(11-16)20(25)18-19(17-9-4-10-29-17)24(22(27)21(18)26)15-7-3-6-14(23)12-15/h2-12,19,25H,1H3/b20-18-. The number of hydrogen-bond acceptors (Lipinski definition) is 5. The van der Waals surface area contributed by atoms with Crippen LogP contribution in [0.3, 0.4) is 0 Å². The van der Waals surface area contributed by atoms with Crippen molar-refractivity contribution < 1.29 is 23.8 Å². The second-order valence-corrected chi connectivity index (χ2v) is 7.38. The molecule has 7 heteroatoms. The number of ketones is 1. The average molecular weight is 409 g/mol. The fourth-order valence-electron chi connectivity index (χ4n) is 3.37. The summed E-state index contributed by atoms with van der Waals surface area (Å²) in [5.74, 6) is -1.98. The Bertz CT molecular complexity index is 1120. The van der Waals surface area contributed by atoms with E-state index in [1.54, 1.807) is 42.5 Å². The lowest BCUT2D eigenvalue weighted by Gasteiger charge is -2.24. The summed E-state index contributed by atoms with van der Waals surface area (Å²) < 4.78 is 19.0. The van der Waals surface area contributed by atoms with Gasteiger partial charge in [0.05, 0.1) is 12.7 Å². The topological polar surface area (TPSA) is 66.8 Å². The fourth-order valence-corrected chi connectivity index (χ4v) is 4.19. The molecule has 1 aliphatic heterocycles. The van der Waals surface area contributed by atoms with Crippen molar-refractivity contribution >= 4 is 34.5 Å². The minimum absolute atomic E-state index is 0.0463. The molecule has 0 saturated carbocycles. The number of hydrogen-bond donors (Lipinski definition) is 1. The Morgan fingerprint density at radius 2 is 1.90 bits per heavy atom. The van der Waals surface area contributed by atoms with E-state index in [0.717, 1.165) is 0 Å². The van der Waals surface area contributed by atoms with Gasteiger partial charge in [-0.2, -0.15) is 0 Å². The molecule has 1 fully saturated rings. The molecule has 0 bridgehead atoms. The lowest BCUT2D eigenvalue weighted by atomic mass is 9.99. The molecule has 0 radical (unpaired) electrons. The summed E-state index contributed by atoms with van der Waals surface area (Å²) >= 11 is 1.34. The summed E-state index contributed by atoms with van der Waals surface area (Å²) in [4.78, 5) is 27.7. The van der Waals surface area contributed by atoms with Gasteiger partial charge in [-0.25, -0.2) is 4.39 Å².